The van der Waals surface area contributed by atoms with E-state index in [1.165, 1.54) is 17.0 Å². The predicted octanol–water partition coefficient (Wildman–Crippen LogP) is 2.11. The van der Waals surface area contributed by atoms with Gasteiger partial charge in [-0.3, -0.25) is 4.79 Å². The van der Waals surface area contributed by atoms with Gasteiger partial charge in [-0.2, -0.15) is 13.2 Å². The molecule has 11 heteroatoms. The summed E-state index contributed by atoms with van der Waals surface area (Å²) < 4.78 is 70.9. The number of rotatable bonds is 4. The summed E-state index contributed by atoms with van der Waals surface area (Å²) in [5.74, 6) is -0.310. The predicted molar refractivity (Wildman–Crippen MR) is 98.5 cm³/mol. The van der Waals surface area contributed by atoms with Crippen molar-refractivity contribution >= 4 is 26.7 Å². The molecule has 0 radical (unpaired) electrons. The van der Waals surface area contributed by atoms with Gasteiger partial charge < -0.3 is 14.6 Å². The minimum absolute atomic E-state index is 0.00350. The van der Waals surface area contributed by atoms with Gasteiger partial charge in [-0.1, -0.05) is 0 Å². The Kier molecular flexibility index (Phi) is 4.85. The SMILES string of the molecule is C[C@H]1CC(=O)C[C@@H](COc2cc(C(F)(F)F)c3c(c2)ncn3C2CS(=O)(=O)C2)N1. The second-order valence-corrected chi connectivity index (χ2v) is 9.90. The molecular weight excluding hydrogens is 411 g/mol. The average Bonchev–Trinajstić information content (AvgIpc) is 2.99. The van der Waals surface area contributed by atoms with Crippen molar-refractivity contribution in [1.82, 2.24) is 14.9 Å². The first-order valence-electron chi connectivity index (χ1n) is 9.20. The first kappa shape index (κ1) is 20.1. The van der Waals surface area contributed by atoms with Crippen LogP contribution >= 0.6 is 0 Å². The highest BCUT2D eigenvalue weighted by Crippen LogP contribution is 2.39. The number of halogens is 3. The van der Waals surface area contributed by atoms with E-state index < -0.39 is 27.6 Å². The molecule has 4 rings (SSSR count). The highest BCUT2D eigenvalue weighted by molar-refractivity contribution is 7.92. The maximum atomic E-state index is 13.7. The lowest BCUT2D eigenvalue weighted by molar-refractivity contribution is -0.136. The minimum Gasteiger partial charge on any atom is -0.492 e. The van der Waals surface area contributed by atoms with Crippen LogP contribution in [0.3, 0.4) is 0 Å². The topological polar surface area (TPSA) is 90.3 Å². The van der Waals surface area contributed by atoms with E-state index in [2.05, 4.69) is 10.3 Å². The van der Waals surface area contributed by atoms with E-state index in [1.54, 1.807) is 0 Å². The first-order chi connectivity index (χ1) is 13.5. The van der Waals surface area contributed by atoms with E-state index in [0.717, 1.165) is 6.07 Å². The Morgan fingerprint density at radius 2 is 2.00 bits per heavy atom. The van der Waals surface area contributed by atoms with E-state index in [4.69, 9.17) is 4.74 Å². The highest BCUT2D eigenvalue weighted by Gasteiger charge is 2.40. The number of carbonyl (C=O) groups excluding carboxylic acids is 1. The maximum Gasteiger partial charge on any atom is 0.418 e. The third-order valence-corrected chi connectivity index (χ3v) is 7.00. The lowest BCUT2D eigenvalue weighted by Gasteiger charge is -2.28. The molecular formula is C18H20F3N3O4S. The number of benzene rings is 1. The van der Waals surface area contributed by atoms with E-state index in [0.29, 0.717) is 6.42 Å². The van der Waals surface area contributed by atoms with Crippen LogP contribution in [-0.4, -0.2) is 53.9 Å². The molecule has 2 aromatic rings. The fraction of sp³-hybridized carbons (Fsp3) is 0.556. The molecule has 0 spiro atoms. The van der Waals surface area contributed by atoms with Crippen molar-refractivity contribution in [2.75, 3.05) is 18.1 Å². The van der Waals surface area contributed by atoms with E-state index >= 15 is 0 Å². The van der Waals surface area contributed by atoms with Gasteiger partial charge in [-0.05, 0) is 13.0 Å². The second-order valence-electron chi connectivity index (χ2n) is 7.74. The van der Waals surface area contributed by atoms with Crippen LogP contribution in [0, 0.1) is 0 Å². The number of imidazole rings is 1. The van der Waals surface area contributed by atoms with E-state index in [-0.39, 0.29) is 59.2 Å². The zero-order valence-corrected chi connectivity index (χ0v) is 16.4. The van der Waals surface area contributed by atoms with Crippen LogP contribution in [0.5, 0.6) is 5.75 Å². The number of nitrogens with one attached hydrogen (secondary N) is 1. The Balaban J connectivity index is 1.62. The van der Waals surface area contributed by atoms with Crippen LogP contribution in [0.15, 0.2) is 18.5 Å². The molecule has 0 amide bonds. The summed E-state index contributed by atoms with van der Waals surface area (Å²) in [6.07, 6.45) is -2.73. The van der Waals surface area contributed by atoms with Crippen LogP contribution in [0.2, 0.25) is 0 Å². The second kappa shape index (κ2) is 6.98. The summed E-state index contributed by atoms with van der Waals surface area (Å²) in [7, 11) is -3.20. The van der Waals surface area contributed by atoms with Crippen molar-refractivity contribution in [3.8, 4) is 5.75 Å². The molecule has 1 N–H and O–H groups in total. The van der Waals surface area contributed by atoms with Gasteiger partial charge in [0, 0.05) is 31.0 Å². The van der Waals surface area contributed by atoms with Gasteiger partial charge in [-0.25, -0.2) is 13.4 Å². The number of piperidine rings is 1. The molecule has 2 fully saturated rings. The Hall–Kier alpha value is -2.14. The van der Waals surface area contributed by atoms with Gasteiger partial charge in [0.15, 0.2) is 9.84 Å². The fourth-order valence-electron chi connectivity index (χ4n) is 3.94. The number of ether oxygens (including phenoxy) is 1. The largest absolute Gasteiger partial charge is 0.492 e. The lowest BCUT2D eigenvalue weighted by atomic mass is 9.99. The molecule has 2 aliphatic heterocycles. The van der Waals surface area contributed by atoms with Crippen LogP contribution < -0.4 is 10.1 Å². The summed E-state index contributed by atoms with van der Waals surface area (Å²) in [6.45, 7) is 1.92. The number of alkyl halides is 3. The van der Waals surface area contributed by atoms with E-state index in [1.807, 2.05) is 6.92 Å². The van der Waals surface area contributed by atoms with Gasteiger partial charge in [0.25, 0.3) is 0 Å². The molecule has 158 valence electrons. The molecule has 1 aromatic heterocycles. The number of carbonyl (C=O) groups is 1. The molecule has 2 saturated heterocycles. The van der Waals surface area contributed by atoms with Gasteiger partial charge in [-0.15, -0.1) is 0 Å². The molecule has 1 aromatic carbocycles. The van der Waals surface area contributed by atoms with Crippen LogP contribution in [0.25, 0.3) is 11.0 Å². The monoisotopic (exact) mass is 431 g/mol. The molecule has 2 aliphatic rings. The van der Waals surface area contributed by atoms with Crippen molar-refractivity contribution in [2.45, 2.75) is 44.1 Å². The molecule has 29 heavy (non-hydrogen) atoms. The Morgan fingerprint density at radius 1 is 1.28 bits per heavy atom. The summed E-state index contributed by atoms with van der Waals surface area (Å²) in [5, 5.41) is 3.20. The summed E-state index contributed by atoms with van der Waals surface area (Å²) in [4.78, 5) is 15.7. The molecule has 0 bridgehead atoms. The van der Waals surface area contributed by atoms with Crippen molar-refractivity contribution < 1.29 is 31.1 Å². The smallest absolute Gasteiger partial charge is 0.418 e. The van der Waals surface area contributed by atoms with E-state index in [9.17, 15) is 26.4 Å². The van der Waals surface area contributed by atoms with Crippen LogP contribution in [0.1, 0.15) is 31.4 Å². The number of hydrogen-bond acceptors (Lipinski definition) is 6. The van der Waals surface area contributed by atoms with Crippen LogP contribution in [0.4, 0.5) is 13.2 Å². The van der Waals surface area contributed by atoms with Crippen LogP contribution in [-0.2, 0) is 20.8 Å². The summed E-state index contributed by atoms with van der Waals surface area (Å²) in [5.41, 5.74) is -0.989. The molecule has 0 unspecified atom stereocenters. The highest BCUT2D eigenvalue weighted by atomic mass is 32.2. The molecule has 3 heterocycles. The Labute approximate surface area is 165 Å². The summed E-state index contributed by atoms with van der Waals surface area (Å²) >= 11 is 0. The maximum absolute atomic E-state index is 13.7. The summed E-state index contributed by atoms with van der Waals surface area (Å²) in [6, 6.07) is 1.47. The quantitative estimate of drug-likeness (QED) is 0.798. The molecule has 7 nitrogen and oxygen atoms in total. The zero-order valence-electron chi connectivity index (χ0n) is 15.6. The molecule has 0 aliphatic carbocycles. The molecule has 2 atom stereocenters. The van der Waals surface area contributed by atoms with Crippen molar-refractivity contribution in [3.63, 3.8) is 0 Å². The van der Waals surface area contributed by atoms with Gasteiger partial charge >= 0.3 is 6.18 Å². The fourth-order valence-corrected chi connectivity index (χ4v) is 5.34. The Morgan fingerprint density at radius 3 is 2.62 bits per heavy atom. The number of aromatic nitrogens is 2. The normalized spacial score (nSPS) is 25.2. The molecule has 0 saturated carbocycles. The number of ketones is 1. The standard InChI is InChI=1S/C18H20F3N3O4S/c1-10-2-13(25)3-11(23-10)6-28-14-4-15(18(19,20)21)17-16(5-14)22-9-24(17)12-7-29(26,27)8-12/h4-5,9-12,23H,2-3,6-8H2,1H3/t10-,11-/m0/s1. The number of nitrogens with zero attached hydrogens (tertiary/aromatic N) is 2. The van der Waals surface area contributed by atoms with Gasteiger partial charge in [0.1, 0.15) is 18.1 Å². The average molecular weight is 431 g/mol. The van der Waals surface area contributed by atoms with Crippen molar-refractivity contribution in [2.24, 2.45) is 0 Å². The van der Waals surface area contributed by atoms with Crippen molar-refractivity contribution in [3.05, 3.63) is 24.0 Å². The van der Waals surface area contributed by atoms with Crippen molar-refractivity contribution in [1.29, 1.82) is 0 Å². The zero-order chi connectivity index (χ0) is 21.0. The lowest BCUT2D eigenvalue weighted by Crippen LogP contribution is -2.47. The number of hydrogen-bond donors (Lipinski definition) is 1. The number of Topliss-reactive ketones (excluding diaryl/α,β-unsaturated/α-hetero) is 1. The first-order valence-corrected chi connectivity index (χ1v) is 11.0. The third kappa shape index (κ3) is 4.11. The van der Waals surface area contributed by atoms with Gasteiger partial charge in [0.2, 0.25) is 0 Å². The van der Waals surface area contributed by atoms with Gasteiger partial charge in [0.05, 0.1) is 40.5 Å². The number of fused-ring (bicyclic) bond motifs is 1. The Bertz CT molecular complexity index is 1050. The third-order valence-electron chi connectivity index (χ3n) is 5.21. The minimum atomic E-state index is -4.66. The number of sulfone groups is 1.